The van der Waals surface area contributed by atoms with Crippen molar-refractivity contribution in [3.8, 4) is 11.5 Å². The molecule has 1 aliphatic rings. The zero-order chi connectivity index (χ0) is 20.4. The average molecular weight is 449 g/mol. The summed E-state index contributed by atoms with van der Waals surface area (Å²) in [6.45, 7) is 0.508. The molecule has 1 heterocycles. The number of hydrogen-bond acceptors (Lipinski definition) is 4. The topological polar surface area (TPSA) is 64.0 Å². The van der Waals surface area contributed by atoms with Crippen molar-refractivity contribution in [1.29, 1.82) is 0 Å². The summed E-state index contributed by atoms with van der Waals surface area (Å²) in [5, 5.41) is 19.4. The third kappa shape index (κ3) is 3.81. The van der Waals surface area contributed by atoms with Crippen LogP contribution in [0.4, 0.5) is 5.69 Å². The molecule has 0 unspecified atom stereocenters. The van der Waals surface area contributed by atoms with Crippen molar-refractivity contribution in [3.63, 3.8) is 0 Å². The van der Waals surface area contributed by atoms with Crippen molar-refractivity contribution in [2.75, 3.05) is 4.90 Å². The molecular formula is C23H18N2O3Se. The van der Waals surface area contributed by atoms with Crippen LogP contribution in [-0.4, -0.2) is 41.3 Å². The molecule has 3 aromatic rings. The number of hydrogen-bond donors (Lipinski definition) is 2. The van der Waals surface area contributed by atoms with Crippen molar-refractivity contribution < 1.29 is 15.0 Å². The van der Waals surface area contributed by atoms with E-state index >= 15 is 0 Å². The van der Waals surface area contributed by atoms with Crippen molar-refractivity contribution in [1.82, 2.24) is 4.90 Å². The molecule has 0 bridgehead atoms. The van der Waals surface area contributed by atoms with E-state index in [1.807, 2.05) is 65.6 Å². The van der Waals surface area contributed by atoms with Gasteiger partial charge in [0.15, 0.2) is 0 Å². The molecule has 6 heteroatoms. The molecule has 0 spiro atoms. The number of anilines is 1. The molecule has 4 rings (SSSR count). The number of carbonyl (C=O) groups is 1. The predicted molar refractivity (Wildman–Crippen MR) is 114 cm³/mol. The summed E-state index contributed by atoms with van der Waals surface area (Å²) >= 11 is 3.04. The van der Waals surface area contributed by atoms with Gasteiger partial charge in [0.05, 0.1) is 0 Å². The molecule has 1 fully saturated rings. The number of rotatable bonds is 4. The van der Waals surface area contributed by atoms with E-state index in [1.54, 1.807) is 17.0 Å². The molecule has 3 aromatic carbocycles. The Balaban J connectivity index is 1.78. The second-order valence-corrected chi connectivity index (χ2v) is 7.37. The minimum atomic E-state index is -0.230. The maximum atomic E-state index is 13.3. The molecule has 0 saturated carbocycles. The Hall–Kier alpha value is -3.34. The first kappa shape index (κ1) is 19.0. The Bertz CT molecular complexity index is 1100. The van der Waals surface area contributed by atoms with Crippen molar-refractivity contribution >= 4 is 37.9 Å². The Morgan fingerprint density at radius 1 is 0.862 bits per heavy atom. The standard InChI is InChI=1S/C23H18N2O3Se/c26-20-12-11-17(14-21(20)27)13-19-22(28)25(18-9-5-2-6-10-18)23(29)24(19)15-16-7-3-1-4-8-16/h1-14,26-27H,15H2. The molecule has 0 aliphatic carbocycles. The molecule has 1 aliphatic heterocycles. The summed E-state index contributed by atoms with van der Waals surface area (Å²) in [5.74, 6) is -0.604. The van der Waals surface area contributed by atoms with E-state index in [-0.39, 0.29) is 17.4 Å². The second kappa shape index (κ2) is 7.95. The molecule has 144 valence electrons. The van der Waals surface area contributed by atoms with Crippen LogP contribution in [0.2, 0.25) is 0 Å². The number of amides is 1. The number of carbonyl (C=O) groups excluding carboxylic acids is 1. The van der Waals surface area contributed by atoms with Gasteiger partial charge in [-0.15, -0.1) is 0 Å². The number of para-hydroxylation sites is 1. The van der Waals surface area contributed by atoms with Crippen LogP contribution in [0.15, 0.2) is 84.6 Å². The van der Waals surface area contributed by atoms with Crippen LogP contribution in [0.5, 0.6) is 11.5 Å². The fourth-order valence-corrected chi connectivity index (χ4v) is 3.93. The third-order valence-corrected chi connectivity index (χ3v) is 5.48. The van der Waals surface area contributed by atoms with Gasteiger partial charge < -0.3 is 0 Å². The van der Waals surface area contributed by atoms with Gasteiger partial charge in [-0.05, 0) is 0 Å². The van der Waals surface area contributed by atoms with Crippen molar-refractivity contribution in [2.45, 2.75) is 6.54 Å². The molecule has 0 atom stereocenters. The van der Waals surface area contributed by atoms with Gasteiger partial charge >= 0.3 is 176 Å². The summed E-state index contributed by atoms with van der Waals surface area (Å²) in [6, 6.07) is 23.8. The summed E-state index contributed by atoms with van der Waals surface area (Å²) in [5.41, 5.74) is 2.91. The molecule has 1 saturated heterocycles. The maximum absolute atomic E-state index is 13.3. The van der Waals surface area contributed by atoms with Gasteiger partial charge in [0.1, 0.15) is 0 Å². The van der Waals surface area contributed by atoms with Crippen LogP contribution in [0.25, 0.3) is 6.08 Å². The van der Waals surface area contributed by atoms with Gasteiger partial charge in [-0.2, -0.15) is 0 Å². The van der Waals surface area contributed by atoms with Gasteiger partial charge in [-0.1, -0.05) is 0 Å². The van der Waals surface area contributed by atoms with Crippen LogP contribution >= 0.6 is 0 Å². The summed E-state index contributed by atoms with van der Waals surface area (Å²) < 4.78 is 0.680. The fourth-order valence-electron chi connectivity index (χ4n) is 3.19. The zero-order valence-electron chi connectivity index (χ0n) is 15.4. The predicted octanol–water partition coefficient (Wildman–Crippen LogP) is 3.24. The summed E-state index contributed by atoms with van der Waals surface area (Å²) in [6.07, 6.45) is 1.71. The van der Waals surface area contributed by atoms with E-state index in [0.29, 0.717) is 22.5 Å². The van der Waals surface area contributed by atoms with Crippen LogP contribution in [-0.2, 0) is 11.3 Å². The van der Waals surface area contributed by atoms with Crippen molar-refractivity contribution in [2.24, 2.45) is 0 Å². The van der Waals surface area contributed by atoms with Crippen molar-refractivity contribution in [3.05, 3.63) is 95.7 Å². The normalized spacial score (nSPS) is 15.4. The summed E-state index contributed by atoms with van der Waals surface area (Å²) in [7, 11) is 0. The van der Waals surface area contributed by atoms with E-state index in [0.717, 1.165) is 11.3 Å². The Morgan fingerprint density at radius 3 is 2.17 bits per heavy atom. The average Bonchev–Trinajstić information content (AvgIpc) is 2.96. The van der Waals surface area contributed by atoms with Gasteiger partial charge in [0.2, 0.25) is 0 Å². The molecule has 0 radical (unpaired) electrons. The molecule has 5 nitrogen and oxygen atoms in total. The monoisotopic (exact) mass is 450 g/mol. The molecule has 1 amide bonds. The second-order valence-electron chi connectivity index (χ2n) is 6.61. The Labute approximate surface area is 176 Å². The third-order valence-electron chi connectivity index (χ3n) is 4.64. The number of phenols is 2. The SMILES string of the molecule is O=C1C(=Cc2ccc(O)c(O)c2)N(Cc2ccccc2)C(=[Se])N1c1ccccc1. The van der Waals surface area contributed by atoms with E-state index in [2.05, 4.69) is 15.6 Å². The first-order chi connectivity index (χ1) is 14.0. The van der Waals surface area contributed by atoms with Crippen LogP contribution < -0.4 is 4.90 Å². The fraction of sp³-hybridized carbons (Fsp3) is 0.0435. The summed E-state index contributed by atoms with van der Waals surface area (Å²) in [4.78, 5) is 16.9. The molecular weight excluding hydrogens is 431 g/mol. The van der Waals surface area contributed by atoms with E-state index in [1.165, 1.54) is 12.1 Å². The molecule has 0 aromatic heterocycles. The number of phenolic OH excluding ortho intramolecular Hbond substituents is 2. The Kier molecular flexibility index (Phi) is 5.21. The van der Waals surface area contributed by atoms with E-state index < -0.39 is 0 Å². The minimum absolute atomic E-state index is 0.173. The number of benzene rings is 3. The van der Waals surface area contributed by atoms with Gasteiger partial charge in [-0.25, -0.2) is 0 Å². The molecule has 29 heavy (non-hydrogen) atoms. The zero-order valence-corrected chi connectivity index (χ0v) is 17.1. The van der Waals surface area contributed by atoms with Gasteiger partial charge in [-0.3, -0.25) is 0 Å². The van der Waals surface area contributed by atoms with E-state index in [9.17, 15) is 15.0 Å². The van der Waals surface area contributed by atoms with Gasteiger partial charge in [0, 0.05) is 0 Å². The van der Waals surface area contributed by atoms with E-state index in [4.69, 9.17) is 0 Å². The Morgan fingerprint density at radius 2 is 1.52 bits per heavy atom. The van der Waals surface area contributed by atoms with Crippen LogP contribution in [0.3, 0.4) is 0 Å². The first-order valence-corrected chi connectivity index (χ1v) is 9.89. The van der Waals surface area contributed by atoms with Gasteiger partial charge in [0.25, 0.3) is 0 Å². The first-order valence-electron chi connectivity index (χ1n) is 9.03. The number of nitrogens with zero attached hydrogens (tertiary/aromatic N) is 2. The van der Waals surface area contributed by atoms with Crippen LogP contribution in [0, 0.1) is 0 Å². The molecule has 2 N–H and O–H groups in total. The number of aromatic hydroxyl groups is 2. The van der Waals surface area contributed by atoms with Crippen LogP contribution in [0.1, 0.15) is 11.1 Å². The quantitative estimate of drug-likeness (QED) is 0.365.